The van der Waals surface area contributed by atoms with E-state index >= 15 is 0 Å². The van der Waals surface area contributed by atoms with Crippen molar-refractivity contribution < 1.29 is 14.6 Å². The Morgan fingerprint density at radius 1 is 1.33 bits per heavy atom. The maximum atomic E-state index is 10.9. The van der Waals surface area contributed by atoms with Crippen molar-refractivity contribution in [1.29, 1.82) is 0 Å². The maximum absolute atomic E-state index is 10.9. The summed E-state index contributed by atoms with van der Waals surface area (Å²) in [6.07, 6.45) is 2.77. The summed E-state index contributed by atoms with van der Waals surface area (Å²) in [7, 11) is 2.86. The number of hydrazone groups is 1. The van der Waals surface area contributed by atoms with Crippen molar-refractivity contribution in [3.05, 3.63) is 34.4 Å². The Labute approximate surface area is 119 Å². The summed E-state index contributed by atoms with van der Waals surface area (Å²) in [5.74, 6) is 0.622. The van der Waals surface area contributed by atoms with E-state index in [2.05, 4.69) is 25.7 Å². The highest BCUT2D eigenvalue weighted by molar-refractivity contribution is 5.82. The first-order valence-electron chi connectivity index (χ1n) is 5.80. The Balaban J connectivity index is 2.19. The second kappa shape index (κ2) is 6.37. The lowest BCUT2D eigenvalue weighted by Crippen LogP contribution is -2.13. The fraction of sp³-hybridized carbons (Fsp3) is 0.167. The molecule has 0 amide bonds. The number of methoxy groups -OCH3 is 2. The Bertz CT molecular complexity index is 688. The summed E-state index contributed by atoms with van der Waals surface area (Å²) in [6.45, 7) is 0. The zero-order chi connectivity index (χ0) is 15.2. The largest absolute Gasteiger partial charge is 0.502 e. The number of aromatic hydroxyl groups is 1. The molecule has 0 fully saturated rings. The molecule has 3 N–H and O–H groups in total. The van der Waals surface area contributed by atoms with E-state index in [1.807, 2.05) is 0 Å². The van der Waals surface area contributed by atoms with E-state index in [-0.39, 0.29) is 23.1 Å². The molecule has 9 nitrogen and oxygen atoms in total. The molecule has 0 saturated carbocycles. The first kappa shape index (κ1) is 14.3. The van der Waals surface area contributed by atoms with Crippen LogP contribution in [0.5, 0.6) is 17.2 Å². The molecule has 21 heavy (non-hydrogen) atoms. The predicted octanol–water partition coefficient (Wildman–Crippen LogP) is 0.334. The lowest BCUT2D eigenvalue weighted by Gasteiger charge is -2.09. The Hall–Kier alpha value is -3.10. The number of benzene rings is 1. The van der Waals surface area contributed by atoms with Crippen LogP contribution in [0.3, 0.4) is 0 Å². The van der Waals surface area contributed by atoms with Gasteiger partial charge >= 0.3 is 5.69 Å². The van der Waals surface area contributed by atoms with Crippen molar-refractivity contribution in [2.75, 3.05) is 19.6 Å². The third kappa shape index (κ3) is 3.47. The van der Waals surface area contributed by atoms with Crippen molar-refractivity contribution in [2.24, 2.45) is 5.10 Å². The number of ether oxygens (including phenoxy) is 2. The molecular weight excluding hydrogens is 278 g/mol. The Morgan fingerprint density at radius 2 is 2.00 bits per heavy atom. The quantitative estimate of drug-likeness (QED) is 0.536. The van der Waals surface area contributed by atoms with Gasteiger partial charge in [-0.25, -0.2) is 9.89 Å². The molecule has 110 valence electrons. The second-order valence-corrected chi connectivity index (χ2v) is 3.82. The maximum Gasteiger partial charge on any atom is 0.363 e. The van der Waals surface area contributed by atoms with Crippen molar-refractivity contribution in [1.82, 2.24) is 15.2 Å². The van der Waals surface area contributed by atoms with Crippen LogP contribution < -0.4 is 20.6 Å². The molecule has 1 aromatic carbocycles. The highest BCUT2D eigenvalue weighted by Crippen LogP contribution is 2.36. The van der Waals surface area contributed by atoms with Crippen LogP contribution in [0.1, 0.15) is 5.56 Å². The molecule has 0 radical (unpaired) electrons. The number of phenols is 1. The number of hydrogen-bond donors (Lipinski definition) is 3. The topological polar surface area (TPSA) is 122 Å². The highest BCUT2D eigenvalue weighted by atomic mass is 16.5. The summed E-state index contributed by atoms with van der Waals surface area (Å²) in [6, 6.07) is 3.15. The fourth-order valence-electron chi connectivity index (χ4n) is 1.53. The summed E-state index contributed by atoms with van der Waals surface area (Å²) in [5, 5.41) is 19.4. The Morgan fingerprint density at radius 3 is 2.57 bits per heavy atom. The van der Waals surface area contributed by atoms with Crippen LogP contribution in [0.25, 0.3) is 0 Å². The number of nitrogens with zero attached hydrogens (tertiary/aromatic N) is 3. The summed E-state index contributed by atoms with van der Waals surface area (Å²) in [4.78, 5) is 14.5. The van der Waals surface area contributed by atoms with Crippen LogP contribution in [0, 0.1) is 0 Å². The van der Waals surface area contributed by atoms with Gasteiger partial charge in [0.2, 0.25) is 5.75 Å². The van der Waals surface area contributed by atoms with Crippen LogP contribution in [-0.4, -0.2) is 40.7 Å². The number of nitrogens with one attached hydrogen (secondary N) is 2. The van der Waals surface area contributed by atoms with Crippen LogP contribution in [0.15, 0.2) is 28.2 Å². The molecular formula is C12H13N5O4. The molecule has 0 spiro atoms. The van der Waals surface area contributed by atoms with E-state index < -0.39 is 5.69 Å². The number of H-pyrrole nitrogens is 1. The van der Waals surface area contributed by atoms with Gasteiger partial charge < -0.3 is 14.6 Å². The third-order valence-corrected chi connectivity index (χ3v) is 2.46. The van der Waals surface area contributed by atoms with Crippen molar-refractivity contribution in [2.45, 2.75) is 0 Å². The first-order valence-corrected chi connectivity index (χ1v) is 5.80. The average molecular weight is 291 g/mol. The van der Waals surface area contributed by atoms with Crippen molar-refractivity contribution in [3.63, 3.8) is 0 Å². The molecule has 2 aromatic rings. The molecule has 2 rings (SSSR count). The number of phenolic OH excluding ortho intramolecular Hbond substituents is 1. The summed E-state index contributed by atoms with van der Waals surface area (Å²) in [5.41, 5.74) is 2.59. The number of anilines is 1. The monoisotopic (exact) mass is 291 g/mol. The molecule has 0 atom stereocenters. The average Bonchev–Trinajstić information content (AvgIpc) is 2.48. The lowest BCUT2D eigenvalue weighted by atomic mass is 10.2. The van der Waals surface area contributed by atoms with E-state index in [1.165, 1.54) is 26.6 Å². The zero-order valence-electron chi connectivity index (χ0n) is 11.3. The molecule has 0 aliphatic rings. The normalized spacial score (nSPS) is 10.6. The van der Waals surface area contributed by atoms with Crippen molar-refractivity contribution in [3.8, 4) is 17.2 Å². The first-order chi connectivity index (χ1) is 10.1. The van der Waals surface area contributed by atoms with Gasteiger partial charge in [-0.05, 0) is 12.1 Å². The number of aromatic amines is 1. The van der Waals surface area contributed by atoms with E-state index in [0.29, 0.717) is 5.56 Å². The molecule has 1 heterocycles. The second-order valence-electron chi connectivity index (χ2n) is 3.82. The molecule has 0 bridgehead atoms. The van der Waals surface area contributed by atoms with Gasteiger partial charge in [0.15, 0.2) is 17.3 Å². The minimum atomic E-state index is -0.580. The Kier molecular flexibility index (Phi) is 4.34. The third-order valence-electron chi connectivity index (χ3n) is 2.46. The number of hydrogen-bond acceptors (Lipinski definition) is 8. The molecule has 9 heteroatoms. The van der Waals surface area contributed by atoms with E-state index in [1.54, 1.807) is 12.1 Å². The van der Waals surface area contributed by atoms with E-state index in [0.717, 1.165) is 0 Å². The van der Waals surface area contributed by atoms with Crippen LogP contribution in [0.4, 0.5) is 5.82 Å². The summed E-state index contributed by atoms with van der Waals surface area (Å²) < 4.78 is 10.1. The van der Waals surface area contributed by atoms with Gasteiger partial charge in [0.05, 0.1) is 26.6 Å². The minimum absolute atomic E-state index is 0.0921. The molecule has 0 saturated heterocycles. The van der Waals surface area contributed by atoms with Gasteiger partial charge in [-0.2, -0.15) is 15.2 Å². The van der Waals surface area contributed by atoms with Crippen LogP contribution >= 0.6 is 0 Å². The van der Waals surface area contributed by atoms with Gasteiger partial charge in [0, 0.05) is 5.56 Å². The molecule has 0 aliphatic carbocycles. The van der Waals surface area contributed by atoms with Gasteiger partial charge in [0.1, 0.15) is 0 Å². The minimum Gasteiger partial charge on any atom is -0.502 e. The van der Waals surface area contributed by atoms with Gasteiger partial charge in [-0.1, -0.05) is 0 Å². The standard InChI is InChI=1S/C12H13N5O4/c1-20-8-3-7(4-9(21-2)11(8)18)5-13-16-10-6-14-17-12(19)15-10/h3-6,18H,1-2H3,(H2,15,16,17,19). The van der Waals surface area contributed by atoms with Gasteiger partial charge in [0.25, 0.3) is 0 Å². The molecule has 0 aliphatic heterocycles. The van der Waals surface area contributed by atoms with Crippen LogP contribution in [0.2, 0.25) is 0 Å². The molecule has 0 unspecified atom stereocenters. The van der Waals surface area contributed by atoms with Crippen molar-refractivity contribution >= 4 is 12.0 Å². The SMILES string of the molecule is COc1cc(C=NNc2cn[nH]c(=O)n2)cc(OC)c1O. The highest BCUT2D eigenvalue weighted by Gasteiger charge is 2.10. The van der Waals surface area contributed by atoms with E-state index in [9.17, 15) is 9.90 Å². The van der Waals surface area contributed by atoms with Gasteiger partial charge in [-0.3, -0.25) is 5.43 Å². The van der Waals surface area contributed by atoms with E-state index in [4.69, 9.17) is 9.47 Å². The number of rotatable bonds is 5. The summed E-state index contributed by atoms with van der Waals surface area (Å²) >= 11 is 0. The number of aromatic nitrogens is 3. The lowest BCUT2D eigenvalue weighted by molar-refractivity contribution is 0.340. The molecule has 1 aromatic heterocycles. The zero-order valence-corrected chi connectivity index (χ0v) is 11.3. The fourth-order valence-corrected chi connectivity index (χ4v) is 1.53. The smallest absolute Gasteiger partial charge is 0.363 e. The van der Waals surface area contributed by atoms with Crippen LogP contribution in [-0.2, 0) is 0 Å². The van der Waals surface area contributed by atoms with Gasteiger partial charge in [-0.15, -0.1) is 0 Å². The predicted molar refractivity (Wildman–Crippen MR) is 75.1 cm³/mol.